The van der Waals surface area contributed by atoms with Crippen molar-refractivity contribution in [3.05, 3.63) is 25.3 Å². The highest BCUT2D eigenvalue weighted by atomic mass is 16.6. The molecule has 0 aromatic carbocycles. The van der Waals surface area contributed by atoms with Gasteiger partial charge in [0.1, 0.15) is 12.2 Å². The average molecular weight is 192 g/mol. The fourth-order valence-corrected chi connectivity index (χ4v) is 1.35. The van der Waals surface area contributed by atoms with Crippen molar-refractivity contribution < 1.29 is 14.3 Å². The fraction of sp³-hybridized carbons (Fsp3) is 0.364. The normalized spacial score (nSPS) is 30.4. The Bertz CT molecular complexity index is 287. The molecule has 0 saturated carbocycles. The molecule has 3 atom stereocenters. The third-order valence-corrected chi connectivity index (χ3v) is 2.03. The molecule has 0 N–H and O–H groups in total. The number of carbonyl (C=O) groups excluding carboxylic acids is 1. The summed E-state index contributed by atoms with van der Waals surface area (Å²) >= 11 is 0. The maximum atomic E-state index is 10.9. The summed E-state index contributed by atoms with van der Waals surface area (Å²) in [7, 11) is 0. The third kappa shape index (κ3) is 2.24. The van der Waals surface area contributed by atoms with Gasteiger partial charge in [-0.05, 0) is 0 Å². The highest BCUT2D eigenvalue weighted by Crippen LogP contribution is 2.24. The van der Waals surface area contributed by atoms with E-state index in [0.29, 0.717) is 6.42 Å². The van der Waals surface area contributed by atoms with Crippen LogP contribution in [0.3, 0.4) is 0 Å². The van der Waals surface area contributed by atoms with Gasteiger partial charge in [0.15, 0.2) is 0 Å². The Morgan fingerprint density at radius 1 is 1.57 bits per heavy atom. The van der Waals surface area contributed by atoms with Crippen LogP contribution in [0.25, 0.3) is 0 Å². The molecule has 1 rings (SSSR count). The molecule has 1 aliphatic heterocycles. The van der Waals surface area contributed by atoms with Crippen molar-refractivity contribution in [3.8, 4) is 12.3 Å². The molecule has 1 saturated heterocycles. The number of ether oxygens (including phenoxy) is 2. The van der Waals surface area contributed by atoms with E-state index in [1.165, 1.54) is 0 Å². The van der Waals surface area contributed by atoms with Gasteiger partial charge in [-0.15, -0.1) is 19.6 Å². The third-order valence-electron chi connectivity index (χ3n) is 2.03. The first-order valence-corrected chi connectivity index (χ1v) is 4.29. The van der Waals surface area contributed by atoms with E-state index < -0.39 is 5.97 Å². The van der Waals surface area contributed by atoms with E-state index in [1.54, 1.807) is 12.2 Å². The van der Waals surface area contributed by atoms with E-state index in [2.05, 4.69) is 13.2 Å². The Balaban J connectivity index is 2.60. The summed E-state index contributed by atoms with van der Waals surface area (Å²) in [6.07, 6.45) is 7.98. The van der Waals surface area contributed by atoms with Crippen LogP contribution in [-0.4, -0.2) is 24.3 Å². The highest BCUT2D eigenvalue weighted by Gasteiger charge is 2.34. The number of rotatable bonds is 3. The number of carbonyl (C=O) groups is 1. The van der Waals surface area contributed by atoms with Crippen molar-refractivity contribution in [3.63, 3.8) is 0 Å². The first kappa shape index (κ1) is 10.6. The molecule has 0 amide bonds. The molecule has 3 nitrogen and oxygen atoms in total. The van der Waals surface area contributed by atoms with Crippen molar-refractivity contribution in [2.24, 2.45) is 0 Å². The maximum absolute atomic E-state index is 10.9. The minimum absolute atomic E-state index is 0.103. The summed E-state index contributed by atoms with van der Waals surface area (Å²) < 4.78 is 10.4. The first-order chi connectivity index (χ1) is 6.71. The van der Waals surface area contributed by atoms with Gasteiger partial charge in [-0.2, -0.15) is 0 Å². The molecular formula is C11H12O3. The number of hydrogen-bond donors (Lipinski definition) is 0. The molecule has 74 valence electrons. The monoisotopic (exact) mass is 192 g/mol. The van der Waals surface area contributed by atoms with E-state index in [4.69, 9.17) is 15.9 Å². The van der Waals surface area contributed by atoms with Crippen LogP contribution in [0.2, 0.25) is 0 Å². The number of esters is 1. The van der Waals surface area contributed by atoms with Gasteiger partial charge >= 0.3 is 5.97 Å². The number of hydrogen-bond acceptors (Lipinski definition) is 3. The molecule has 0 unspecified atom stereocenters. The summed E-state index contributed by atoms with van der Waals surface area (Å²) in [5.41, 5.74) is 0. The zero-order valence-corrected chi connectivity index (χ0v) is 7.81. The zero-order chi connectivity index (χ0) is 10.6. The fourth-order valence-electron chi connectivity index (χ4n) is 1.35. The largest absolute Gasteiger partial charge is 0.450 e. The van der Waals surface area contributed by atoms with Crippen LogP contribution in [0, 0.1) is 12.3 Å². The molecule has 0 bridgehead atoms. The zero-order valence-electron chi connectivity index (χ0n) is 7.81. The van der Waals surface area contributed by atoms with Crippen LogP contribution in [-0.2, 0) is 14.3 Å². The summed E-state index contributed by atoms with van der Waals surface area (Å²) in [6, 6.07) is 0. The molecule has 0 aromatic rings. The predicted octanol–water partition coefficient (Wildman–Crippen LogP) is 1.06. The highest BCUT2D eigenvalue weighted by molar-refractivity contribution is 5.87. The van der Waals surface area contributed by atoms with Gasteiger partial charge in [0.2, 0.25) is 0 Å². The second-order valence-corrected chi connectivity index (χ2v) is 2.93. The maximum Gasteiger partial charge on any atom is 0.384 e. The summed E-state index contributed by atoms with van der Waals surface area (Å²) in [4.78, 5) is 10.9. The van der Waals surface area contributed by atoms with Crippen molar-refractivity contribution in [1.82, 2.24) is 0 Å². The van der Waals surface area contributed by atoms with E-state index in [9.17, 15) is 4.79 Å². The van der Waals surface area contributed by atoms with Crippen molar-refractivity contribution in [2.45, 2.75) is 24.7 Å². The first-order valence-electron chi connectivity index (χ1n) is 4.29. The summed E-state index contributed by atoms with van der Waals surface area (Å²) in [5, 5.41) is 0. The summed E-state index contributed by atoms with van der Waals surface area (Å²) in [6.45, 7) is 7.20. The SMILES string of the molecule is C#CC(=O)O[C@@H]1C[C@H](C=C)O[C@@H]1C=C. The summed E-state index contributed by atoms with van der Waals surface area (Å²) in [5.74, 6) is 1.22. The van der Waals surface area contributed by atoms with Crippen LogP contribution in [0.15, 0.2) is 25.3 Å². The second-order valence-electron chi connectivity index (χ2n) is 2.93. The van der Waals surface area contributed by atoms with Crippen LogP contribution in [0.1, 0.15) is 6.42 Å². The van der Waals surface area contributed by atoms with Crippen molar-refractivity contribution in [1.29, 1.82) is 0 Å². The molecule has 0 radical (unpaired) electrons. The Morgan fingerprint density at radius 3 is 2.79 bits per heavy atom. The Hall–Kier alpha value is -1.53. The van der Waals surface area contributed by atoms with E-state index in [1.807, 2.05) is 5.92 Å². The van der Waals surface area contributed by atoms with Gasteiger partial charge in [0.25, 0.3) is 0 Å². The van der Waals surface area contributed by atoms with Gasteiger partial charge in [-0.1, -0.05) is 12.2 Å². The van der Waals surface area contributed by atoms with Crippen LogP contribution < -0.4 is 0 Å². The Kier molecular flexibility index (Phi) is 3.49. The van der Waals surface area contributed by atoms with Gasteiger partial charge < -0.3 is 9.47 Å². The molecule has 0 spiro atoms. The molecule has 1 fully saturated rings. The molecule has 3 heteroatoms. The minimum atomic E-state index is -0.671. The van der Waals surface area contributed by atoms with Gasteiger partial charge in [-0.25, -0.2) is 4.79 Å². The molecular weight excluding hydrogens is 180 g/mol. The van der Waals surface area contributed by atoms with Crippen molar-refractivity contribution in [2.75, 3.05) is 0 Å². The molecule has 1 heterocycles. The van der Waals surface area contributed by atoms with Gasteiger partial charge in [0.05, 0.1) is 6.10 Å². The Labute approximate surface area is 83.4 Å². The average Bonchev–Trinajstić information content (AvgIpc) is 2.60. The lowest BCUT2D eigenvalue weighted by Crippen LogP contribution is -2.24. The standard InChI is InChI=1S/C11H12O3/c1-4-8-7-10(9(5-2)13-8)14-11(12)6-3/h3-5,8-10H,1-2,7H2/t8-,9+,10+/m0/s1. The van der Waals surface area contributed by atoms with Gasteiger partial charge in [0, 0.05) is 12.3 Å². The van der Waals surface area contributed by atoms with Crippen LogP contribution >= 0.6 is 0 Å². The molecule has 14 heavy (non-hydrogen) atoms. The lowest BCUT2D eigenvalue weighted by Gasteiger charge is -2.13. The lowest BCUT2D eigenvalue weighted by atomic mass is 10.1. The lowest BCUT2D eigenvalue weighted by molar-refractivity contribution is -0.143. The quantitative estimate of drug-likeness (QED) is 0.290. The Morgan fingerprint density at radius 2 is 2.29 bits per heavy atom. The minimum Gasteiger partial charge on any atom is -0.450 e. The molecule has 0 aromatic heterocycles. The van der Waals surface area contributed by atoms with Gasteiger partial charge in [-0.3, -0.25) is 0 Å². The van der Waals surface area contributed by atoms with E-state index >= 15 is 0 Å². The van der Waals surface area contributed by atoms with E-state index in [0.717, 1.165) is 0 Å². The van der Waals surface area contributed by atoms with E-state index in [-0.39, 0.29) is 18.3 Å². The molecule has 1 aliphatic rings. The predicted molar refractivity (Wildman–Crippen MR) is 52.4 cm³/mol. The van der Waals surface area contributed by atoms with Crippen LogP contribution in [0.4, 0.5) is 0 Å². The van der Waals surface area contributed by atoms with Crippen LogP contribution in [0.5, 0.6) is 0 Å². The molecule has 0 aliphatic carbocycles. The smallest absolute Gasteiger partial charge is 0.384 e. The number of terminal acetylenes is 1. The van der Waals surface area contributed by atoms with Crippen molar-refractivity contribution >= 4 is 5.97 Å². The topological polar surface area (TPSA) is 35.5 Å². The second kappa shape index (κ2) is 4.64.